The lowest BCUT2D eigenvalue weighted by Crippen LogP contribution is -1.95. The van der Waals surface area contributed by atoms with Gasteiger partial charge in [-0.1, -0.05) is 48.5 Å². The number of carbonyl (C=O) groups is 2. The van der Waals surface area contributed by atoms with Crippen LogP contribution in [0.5, 0.6) is 0 Å². The Morgan fingerprint density at radius 2 is 0.706 bits per heavy atom. The Morgan fingerprint density at radius 1 is 0.412 bits per heavy atom. The summed E-state index contributed by atoms with van der Waals surface area (Å²) in [5.41, 5.74) is 4.58. The van der Waals surface area contributed by atoms with Crippen molar-refractivity contribution in [2.75, 3.05) is 0 Å². The predicted octanol–water partition coefficient (Wildman–Crippen LogP) is 7.31. The van der Waals surface area contributed by atoms with Crippen molar-refractivity contribution in [2.24, 2.45) is 0 Å². The maximum atomic E-state index is 11.2. The molecule has 0 saturated heterocycles. The third-order valence-corrected chi connectivity index (χ3v) is 6.46. The Kier molecular flexibility index (Phi) is 4.36. The van der Waals surface area contributed by atoms with E-state index in [0.717, 1.165) is 43.8 Å². The van der Waals surface area contributed by atoms with Crippen molar-refractivity contribution in [2.45, 2.75) is 0 Å². The molecule has 0 atom stereocenters. The molecule has 0 aromatic heterocycles. The van der Waals surface area contributed by atoms with E-state index in [1.807, 2.05) is 24.3 Å². The Bertz CT molecular complexity index is 1530. The summed E-state index contributed by atoms with van der Waals surface area (Å²) < 4.78 is 0. The summed E-state index contributed by atoms with van der Waals surface area (Å²) in [5.74, 6) is -1.86. The molecule has 0 unspecified atom stereocenters. The zero-order valence-electron chi connectivity index (χ0n) is 17.9. The molecule has 34 heavy (non-hydrogen) atoms. The Hall–Kier alpha value is -4.70. The van der Waals surface area contributed by atoms with Crippen molar-refractivity contribution in [3.8, 4) is 22.3 Å². The summed E-state index contributed by atoms with van der Waals surface area (Å²) in [6.45, 7) is 0. The molecule has 4 nitrogen and oxygen atoms in total. The summed E-state index contributed by atoms with van der Waals surface area (Å²) in [5, 5.41) is 25.3. The van der Waals surface area contributed by atoms with E-state index >= 15 is 0 Å². The molecule has 162 valence electrons. The van der Waals surface area contributed by atoms with Crippen LogP contribution in [0.25, 0.3) is 54.6 Å². The maximum Gasteiger partial charge on any atom is 0.335 e. The summed E-state index contributed by atoms with van der Waals surface area (Å²) in [7, 11) is 0. The van der Waals surface area contributed by atoms with Crippen LogP contribution in [0.4, 0.5) is 0 Å². The van der Waals surface area contributed by atoms with Gasteiger partial charge in [-0.25, -0.2) is 9.59 Å². The first-order chi connectivity index (χ1) is 16.5. The van der Waals surface area contributed by atoms with Gasteiger partial charge in [0.2, 0.25) is 0 Å². The van der Waals surface area contributed by atoms with E-state index in [-0.39, 0.29) is 11.1 Å². The fraction of sp³-hybridized carbons (Fsp3) is 0. The topological polar surface area (TPSA) is 74.6 Å². The third-order valence-electron chi connectivity index (χ3n) is 6.46. The predicted molar refractivity (Wildman–Crippen MR) is 135 cm³/mol. The van der Waals surface area contributed by atoms with Gasteiger partial charge in [-0.3, -0.25) is 0 Å². The minimum absolute atomic E-state index is 0.273. The molecule has 0 saturated carbocycles. The third kappa shape index (κ3) is 3.16. The zero-order chi connectivity index (χ0) is 23.4. The molecule has 6 aromatic rings. The van der Waals surface area contributed by atoms with Gasteiger partial charge in [-0.05, 0) is 103 Å². The minimum atomic E-state index is -0.931. The monoisotopic (exact) mass is 442 g/mol. The molecule has 0 amide bonds. The fourth-order valence-corrected chi connectivity index (χ4v) is 4.78. The highest BCUT2D eigenvalue weighted by Gasteiger charge is 2.13. The number of carboxylic acids is 2. The van der Waals surface area contributed by atoms with Gasteiger partial charge in [0.25, 0.3) is 0 Å². The molecule has 0 bridgehead atoms. The van der Waals surface area contributed by atoms with Gasteiger partial charge >= 0.3 is 11.9 Å². The molecule has 0 aliphatic carbocycles. The van der Waals surface area contributed by atoms with E-state index in [9.17, 15) is 19.8 Å². The molecule has 0 radical (unpaired) electrons. The van der Waals surface area contributed by atoms with Crippen molar-refractivity contribution >= 4 is 44.3 Å². The van der Waals surface area contributed by atoms with E-state index in [0.29, 0.717) is 0 Å². The molecule has 0 heterocycles. The Balaban J connectivity index is 1.50. The average molecular weight is 442 g/mol. The molecule has 6 aromatic carbocycles. The second-order valence-electron chi connectivity index (χ2n) is 8.49. The molecular weight excluding hydrogens is 424 g/mol. The van der Waals surface area contributed by atoms with Crippen LogP contribution in [0.1, 0.15) is 20.7 Å². The zero-order valence-corrected chi connectivity index (χ0v) is 17.9. The summed E-state index contributed by atoms with van der Waals surface area (Å²) >= 11 is 0. The van der Waals surface area contributed by atoms with Gasteiger partial charge in [0.1, 0.15) is 0 Å². The van der Waals surface area contributed by atoms with Crippen molar-refractivity contribution in [3.63, 3.8) is 0 Å². The largest absolute Gasteiger partial charge is 0.478 e. The van der Waals surface area contributed by atoms with Gasteiger partial charge in [0.15, 0.2) is 0 Å². The number of rotatable bonds is 4. The number of hydrogen-bond donors (Lipinski definition) is 2. The number of carboxylic acid groups (broad SMARTS) is 2. The van der Waals surface area contributed by atoms with E-state index < -0.39 is 11.9 Å². The summed E-state index contributed by atoms with van der Waals surface area (Å²) in [4.78, 5) is 22.4. The molecule has 6 rings (SSSR count). The van der Waals surface area contributed by atoms with E-state index in [2.05, 4.69) is 48.5 Å². The van der Waals surface area contributed by atoms with E-state index in [4.69, 9.17) is 0 Å². The van der Waals surface area contributed by atoms with Crippen LogP contribution in [0, 0.1) is 0 Å². The molecule has 0 spiro atoms. The average Bonchev–Trinajstić information content (AvgIpc) is 2.87. The second kappa shape index (κ2) is 7.42. The highest BCUT2D eigenvalue weighted by molar-refractivity contribution is 6.24. The summed E-state index contributed by atoms with van der Waals surface area (Å²) in [6, 6.07) is 31.0. The highest BCUT2D eigenvalue weighted by atomic mass is 16.4. The Morgan fingerprint density at radius 3 is 0.971 bits per heavy atom. The van der Waals surface area contributed by atoms with Crippen LogP contribution in [0.3, 0.4) is 0 Å². The van der Waals surface area contributed by atoms with Crippen LogP contribution < -0.4 is 0 Å². The molecule has 0 fully saturated rings. The fourth-order valence-electron chi connectivity index (χ4n) is 4.78. The molecule has 2 N–H and O–H groups in total. The lowest BCUT2D eigenvalue weighted by Gasteiger charge is -2.14. The number of aromatic carboxylic acids is 2. The van der Waals surface area contributed by atoms with Crippen LogP contribution >= 0.6 is 0 Å². The van der Waals surface area contributed by atoms with Crippen molar-refractivity contribution in [1.82, 2.24) is 0 Å². The van der Waals surface area contributed by atoms with Gasteiger partial charge in [-0.2, -0.15) is 0 Å². The molecule has 4 heteroatoms. The Labute approximate surface area is 194 Å². The van der Waals surface area contributed by atoms with Gasteiger partial charge < -0.3 is 10.2 Å². The van der Waals surface area contributed by atoms with Crippen LogP contribution in [-0.2, 0) is 0 Å². The second-order valence-corrected chi connectivity index (χ2v) is 8.49. The highest BCUT2D eigenvalue weighted by Crippen LogP contribution is 2.39. The number of benzene rings is 6. The van der Waals surface area contributed by atoms with Crippen LogP contribution in [0.2, 0.25) is 0 Å². The quantitative estimate of drug-likeness (QED) is 0.281. The first-order valence-electron chi connectivity index (χ1n) is 10.9. The van der Waals surface area contributed by atoms with Gasteiger partial charge in [-0.15, -0.1) is 0 Å². The minimum Gasteiger partial charge on any atom is -0.478 e. The molecule has 0 aliphatic heterocycles. The lowest BCUT2D eigenvalue weighted by molar-refractivity contribution is 0.0686. The maximum absolute atomic E-state index is 11.2. The summed E-state index contributed by atoms with van der Waals surface area (Å²) in [6.07, 6.45) is 0. The van der Waals surface area contributed by atoms with Crippen molar-refractivity contribution in [3.05, 3.63) is 108 Å². The van der Waals surface area contributed by atoms with E-state index in [1.54, 1.807) is 24.3 Å². The molecule has 0 aliphatic rings. The SMILES string of the molecule is O=C(O)c1ccc(-c2cc3ccc4cc(-c5ccc(C(=O)O)cc5)cc5ccc(c2)c3c45)cc1. The normalized spacial score (nSPS) is 11.4. The van der Waals surface area contributed by atoms with Crippen LogP contribution in [-0.4, -0.2) is 22.2 Å². The number of hydrogen-bond acceptors (Lipinski definition) is 2. The van der Waals surface area contributed by atoms with Crippen molar-refractivity contribution in [1.29, 1.82) is 0 Å². The van der Waals surface area contributed by atoms with Gasteiger partial charge in [0.05, 0.1) is 11.1 Å². The first kappa shape index (κ1) is 19.9. The van der Waals surface area contributed by atoms with Gasteiger partial charge in [0, 0.05) is 0 Å². The van der Waals surface area contributed by atoms with Crippen LogP contribution in [0.15, 0.2) is 97.1 Å². The first-order valence-corrected chi connectivity index (χ1v) is 10.9. The van der Waals surface area contributed by atoms with Crippen molar-refractivity contribution < 1.29 is 19.8 Å². The lowest BCUT2D eigenvalue weighted by atomic mass is 9.89. The smallest absolute Gasteiger partial charge is 0.335 e. The molecular formula is C30H18O4. The standard InChI is InChI=1S/C30H18O4/c31-29(32)19-5-1-17(2-6-19)25-13-21-9-11-23-15-26(18-3-7-20(8-4-18)30(33)34)16-24-12-10-22(14-25)27(21)28(23)24/h1-16H,(H,31,32)(H,33,34). The van der Waals surface area contributed by atoms with E-state index in [1.165, 1.54) is 10.8 Å².